The van der Waals surface area contributed by atoms with E-state index >= 15 is 0 Å². The third-order valence-corrected chi connectivity index (χ3v) is 11.3. The number of benzene rings is 6. The summed E-state index contributed by atoms with van der Waals surface area (Å²) < 4.78 is 1.21. The van der Waals surface area contributed by atoms with Crippen LogP contribution in [-0.4, -0.2) is 15.0 Å². The minimum absolute atomic E-state index is 0.508. The molecule has 252 valence electrons. The van der Waals surface area contributed by atoms with E-state index in [1.165, 1.54) is 37.9 Å². The molecule has 9 rings (SSSR count). The maximum absolute atomic E-state index is 5.04. The topological polar surface area (TPSA) is 38.7 Å². The van der Waals surface area contributed by atoms with Crippen LogP contribution in [0.1, 0.15) is 29.2 Å². The van der Waals surface area contributed by atoms with Crippen molar-refractivity contribution in [1.29, 1.82) is 0 Å². The standard InChI is InChI=1S/C49H35N3S/c1-3-16-42-40(4-2)41-30-29-36(31-43(41)49(42,38-20-10-6-11-21-38)39-22-12-7-13-23-39)33-25-27-35(28-26-33)47-50-46(34-17-8-5-9-18-34)51-48(52-47)45-32-37-19-14-15-24-44(37)53-45/h3-32H,2H2,1H3/b16-3-. The molecule has 0 atom stereocenters. The van der Waals surface area contributed by atoms with Crippen LogP contribution in [0.15, 0.2) is 194 Å². The van der Waals surface area contributed by atoms with Crippen molar-refractivity contribution >= 4 is 27.0 Å². The third kappa shape index (κ3) is 5.56. The maximum atomic E-state index is 5.04. The highest BCUT2D eigenvalue weighted by molar-refractivity contribution is 7.22. The van der Waals surface area contributed by atoms with Crippen LogP contribution in [-0.2, 0) is 5.41 Å². The Bertz CT molecular complexity index is 2600. The Hall–Kier alpha value is -6.49. The van der Waals surface area contributed by atoms with Gasteiger partial charge in [0, 0.05) is 15.8 Å². The number of rotatable bonds is 8. The fourth-order valence-corrected chi connectivity index (χ4v) is 8.76. The Morgan fingerprint density at radius 1 is 0.547 bits per heavy atom. The van der Waals surface area contributed by atoms with Crippen LogP contribution in [0.5, 0.6) is 0 Å². The number of allylic oxidation sites excluding steroid dienone is 5. The second-order valence-electron chi connectivity index (χ2n) is 13.2. The lowest BCUT2D eigenvalue weighted by Gasteiger charge is -2.35. The Morgan fingerprint density at radius 3 is 1.72 bits per heavy atom. The van der Waals surface area contributed by atoms with Gasteiger partial charge in [0.15, 0.2) is 17.5 Å². The average Bonchev–Trinajstić information content (AvgIpc) is 3.79. The zero-order valence-corrected chi connectivity index (χ0v) is 30.1. The van der Waals surface area contributed by atoms with E-state index in [-0.39, 0.29) is 0 Å². The fourth-order valence-electron chi connectivity index (χ4n) is 7.76. The SMILES string of the molecule is C=CC1=C(/C=C\C)C(c2ccccc2)(c2ccccc2)c2cc(-c3ccc(-c4nc(-c5ccccc5)nc(-c5cc6ccccc6s5)n4)cc3)ccc21. The van der Waals surface area contributed by atoms with E-state index in [9.17, 15) is 0 Å². The third-order valence-electron chi connectivity index (χ3n) is 10.1. The maximum Gasteiger partial charge on any atom is 0.174 e. The van der Waals surface area contributed by atoms with E-state index < -0.39 is 5.41 Å². The predicted octanol–water partition coefficient (Wildman–Crippen LogP) is 12.6. The Morgan fingerprint density at radius 2 is 1.09 bits per heavy atom. The van der Waals surface area contributed by atoms with Gasteiger partial charge in [0.2, 0.25) is 0 Å². The van der Waals surface area contributed by atoms with Crippen molar-refractivity contribution < 1.29 is 0 Å². The van der Waals surface area contributed by atoms with Crippen LogP contribution in [0.2, 0.25) is 0 Å². The van der Waals surface area contributed by atoms with Gasteiger partial charge in [-0.2, -0.15) is 0 Å². The van der Waals surface area contributed by atoms with E-state index in [1.54, 1.807) is 11.3 Å². The molecule has 2 heterocycles. The molecular weight excluding hydrogens is 663 g/mol. The lowest BCUT2D eigenvalue weighted by Crippen LogP contribution is -2.29. The van der Waals surface area contributed by atoms with Gasteiger partial charge in [-0.25, -0.2) is 15.0 Å². The molecule has 1 aliphatic rings. The molecule has 8 aromatic rings. The molecule has 4 heteroatoms. The molecule has 0 bridgehead atoms. The summed E-state index contributed by atoms with van der Waals surface area (Å²) in [6.07, 6.45) is 6.42. The number of fused-ring (bicyclic) bond motifs is 2. The van der Waals surface area contributed by atoms with Crippen molar-refractivity contribution in [2.24, 2.45) is 0 Å². The van der Waals surface area contributed by atoms with Crippen LogP contribution >= 0.6 is 11.3 Å². The molecule has 3 nitrogen and oxygen atoms in total. The van der Waals surface area contributed by atoms with Gasteiger partial charge in [-0.1, -0.05) is 170 Å². The second-order valence-corrected chi connectivity index (χ2v) is 14.3. The number of hydrogen-bond acceptors (Lipinski definition) is 4. The van der Waals surface area contributed by atoms with E-state index in [0.29, 0.717) is 17.5 Å². The highest BCUT2D eigenvalue weighted by atomic mass is 32.1. The first-order chi connectivity index (χ1) is 26.2. The fraction of sp³-hybridized carbons (Fsp3) is 0.0408. The lowest BCUT2D eigenvalue weighted by atomic mass is 9.66. The molecule has 53 heavy (non-hydrogen) atoms. The quantitative estimate of drug-likeness (QED) is 0.159. The number of hydrogen-bond donors (Lipinski definition) is 0. The number of nitrogens with zero attached hydrogens (tertiary/aromatic N) is 3. The molecule has 1 aliphatic carbocycles. The molecule has 0 amide bonds. The largest absolute Gasteiger partial charge is 0.208 e. The minimum atomic E-state index is -0.508. The van der Waals surface area contributed by atoms with Gasteiger partial charge in [-0.3, -0.25) is 0 Å². The van der Waals surface area contributed by atoms with Crippen LogP contribution in [0.3, 0.4) is 0 Å². The first-order valence-corrected chi connectivity index (χ1v) is 18.7. The van der Waals surface area contributed by atoms with Crippen molar-refractivity contribution in [3.05, 3.63) is 216 Å². The Balaban J connectivity index is 1.17. The van der Waals surface area contributed by atoms with E-state index in [0.717, 1.165) is 32.7 Å². The molecule has 0 unspecified atom stereocenters. The molecule has 0 radical (unpaired) electrons. The number of thiophene rings is 1. The van der Waals surface area contributed by atoms with Crippen LogP contribution in [0.25, 0.3) is 60.3 Å². The number of aromatic nitrogens is 3. The summed E-state index contributed by atoms with van der Waals surface area (Å²) in [6.45, 7) is 6.39. The molecule has 0 N–H and O–H groups in total. The summed E-state index contributed by atoms with van der Waals surface area (Å²) in [5.41, 5.74) is 10.9. The predicted molar refractivity (Wildman–Crippen MR) is 222 cm³/mol. The van der Waals surface area contributed by atoms with Gasteiger partial charge >= 0.3 is 0 Å². The van der Waals surface area contributed by atoms with Crippen LogP contribution < -0.4 is 0 Å². The van der Waals surface area contributed by atoms with Crippen LogP contribution in [0, 0.1) is 0 Å². The van der Waals surface area contributed by atoms with E-state index in [2.05, 4.69) is 159 Å². The summed E-state index contributed by atoms with van der Waals surface area (Å²) in [7, 11) is 0. The highest BCUT2D eigenvalue weighted by Crippen LogP contribution is 2.56. The summed E-state index contributed by atoms with van der Waals surface area (Å²) in [4.78, 5) is 16.0. The molecule has 0 aliphatic heterocycles. The van der Waals surface area contributed by atoms with Gasteiger partial charge in [-0.05, 0) is 75.0 Å². The Kier molecular flexibility index (Phi) is 8.30. The summed E-state index contributed by atoms with van der Waals surface area (Å²) in [5.74, 6) is 1.99. The normalized spacial score (nSPS) is 13.5. The smallest absolute Gasteiger partial charge is 0.174 e. The molecular formula is C49H35N3S. The molecule has 2 aromatic heterocycles. The van der Waals surface area contributed by atoms with Gasteiger partial charge in [0.05, 0.1) is 10.3 Å². The first-order valence-electron chi connectivity index (χ1n) is 17.8. The van der Waals surface area contributed by atoms with Crippen molar-refractivity contribution in [3.63, 3.8) is 0 Å². The second kappa shape index (κ2) is 13.6. The molecule has 0 saturated heterocycles. The minimum Gasteiger partial charge on any atom is -0.208 e. The molecule has 6 aromatic carbocycles. The summed E-state index contributed by atoms with van der Waals surface area (Å²) in [5, 5.41) is 1.19. The van der Waals surface area contributed by atoms with E-state index in [4.69, 9.17) is 15.0 Å². The van der Waals surface area contributed by atoms with E-state index in [1.807, 2.05) is 36.4 Å². The van der Waals surface area contributed by atoms with Crippen LogP contribution in [0.4, 0.5) is 0 Å². The van der Waals surface area contributed by atoms with Crippen molar-refractivity contribution in [3.8, 4) is 44.6 Å². The van der Waals surface area contributed by atoms with Crippen molar-refractivity contribution in [2.45, 2.75) is 12.3 Å². The van der Waals surface area contributed by atoms with Crippen molar-refractivity contribution in [1.82, 2.24) is 15.0 Å². The van der Waals surface area contributed by atoms with Gasteiger partial charge < -0.3 is 0 Å². The average molecular weight is 698 g/mol. The lowest BCUT2D eigenvalue weighted by molar-refractivity contribution is 0.761. The highest BCUT2D eigenvalue weighted by Gasteiger charge is 2.46. The molecule has 0 spiro atoms. The van der Waals surface area contributed by atoms with Gasteiger partial charge in [0.25, 0.3) is 0 Å². The Labute approximate surface area is 314 Å². The summed E-state index contributed by atoms with van der Waals surface area (Å²) in [6, 6.07) is 57.9. The molecule has 0 saturated carbocycles. The van der Waals surface area contributed by atoms with Gasteiger partial charge in [-0.15, -0.1) is 11.3 Å². The zero-order valence-electron chi connectivity index (χ0n) is 29.3. The first kappa shape index (κ1) is 32.4. The van der Waals surface area contributed by atoms with Crippen molar-refractivity contribution in [2.75, 3.05) is 0 Å². The van der Waals surface area contributed by atoms with Gasteiger partial charge in [0.1, 0.15) is 0 Å². The monoisotopic (exact) mass is 697 g/mol. The zero-order chi connectivity index (χ0) is 35.8. The summed E-state index contributed by atoms with van der Waals surface area (Å²) >= 11 is 1.70. The molecule has 0 fully saturated rings.